The number of aromatic nitrogens is 3. The average Bonchev–Trinajstić information content (AvgIpc) is 3.10. The lowest BCUT2D eigenvalue weighted by Crippen LogP contribution is -2.46. The van der Waals surface area contributed by atoms with Gasteiger partial charge in [0.2, 0.25) is 0 Å². The topological polar surface area (TPSA) is 83.1 Å². The molecule has 7 heteroatoms. The number of aromatic amines is 1. The molecule has 2 aromatic rings. The predicted molar refractivity (Wildman–Crippen MR) is 86.0 cm³/mol. The fourth-order valence-corrected chi connectivity index (χ4v) is 2.74. The highest BCUT2D eigenvalue weighted by molar-refractivity contribution is 6.00. The molecule has 1 atom stereocenters. The molecule has 2 heterocycles. The molecule has 1 amide bonds. The zero-order valence-electron chi connectivity index (χ0n) is 13.2. The van der Waals surface area contributed by atoms with Crippen LogP contribution < -0.4 is 5.32 Å². The van der Waals surface area contributed by atoms with Gasteiger partial charge in [0.1, 0.15) is 6.33 Å². The molecule has 7 nitrogen and oxygen atoms in total. The summed E-state index contributed by atoms with van der Waals surface area (Å²) in [5.41, 5.74) is 1.35. The monoisotopic (exact) mass is 315 g/mol. The molecule has 1 aliphatic rings. The number of carbonyl (C=O) groups excluding carboxylic acids is 1. The number of nitrogens with one attached hydrogen (secondary N) is 2. The highest BCUT2D eigenvalue weighted by atomic mass is 16.5. The first-order valence-corrected chi connectivity index (χ1v) is 7.80. The molecule has 1 aliphatic heterocycles. The number of amides is 1. The number of rotatable bonds is 5. The van der Waals surface area contributed by atoms with Gasteiger partial charge < -0.3 is 10.1 Å². The van der Waals surface area contributed by atoms with Crippen LogP contribution in [0.5, 0.6) is 0 Å². The summed E-state index contributed by atoms with van der Waals surface area (Å²) in [4.78, 5) is 19.0. The van der Waals surface area contributed by atoms with E-state index in [9.17, 15) is 4.79 Å². The molecule has 3 rings (SSSR count). The van der Waals surface area contributed by atoms with Crippen LogP contribution in [0.4, 0.5) is 0 Å². The van der Waals surface area contributed by atoms with E-state index in [4.69, 9.17) is 4.74 Å². The number of ether oxygens (including phenoxy) is 1. The van der Waals surface area contributed by atoms with Crippen LogP contribution in [-0.2, 0) is 4.74 Å². The molecule has 0 radical (unpaired) electrons. The molecule has 122 valence electrons. The molecular formula is C16H21N5O2. The van der Waals surface area contributed by atoms with E-state index in [0.29, 0.717) is 11.4 Å². The second-order valence-corrected chi connectivity index (χ2v) is 5.67. The minimum Gasteiger partial charge on any atom is -0.379 e. The van der Waals surface area contributed by atoms with Crippen LogP contribution in [-0.4, -0.2) is 64.9 Å². The lowest BCUT2D eigenvalue weighted by Gasteiger charge is -2.29. The summed E-state index contributed by atoms with van der Waals surface area (Å²) >= 11 is 0. The van der Waals surface area contributed by atoms with Crippen molar-refractivity contribution in [3.05, 3.63) is 36.2 Å². The number of carbonyl (C=O) groups is 1. The van der Waals surface area contributed by atoms with Gasteiger partial charge in [0.25, 0.3) is 5.91 Å². The summed E-state index contributed by atoms with van der Waals surface area (Å²) < 4.78 is 5.34. The lowest BCUT2D eigenvalue weighted by molar-refractivity contribution is 0.0342. The fourth-order valence-electron chi connectivity index (χ4n) is 2.74. The van der Waals surface area contributed by atoms with Crippen molar-refractivity contribution in [1.29, 1.82) is 0 Å². The maximum absolute atomic E-state index is 12.6. The SMILES string of the molecule is CC(CN1CCOCC1)NC(=O)c1ccccc1-c1ncn[nH]1. The van der Waals surface area contributed by atoms with Crippen LogP contribution in [0, 0.1) is 0 Å². The molecule has 2 N–H and O–H groups in total. The Kier molecular flexibility index (Phi) is 4.99. The molecule has 1 aromatic heterocycles. The first-order chi connectivity index (χ1) is 11.2. The Labute approximate surface area is 135 Å². The Morgan fingerprint density at radius 2 is 2.17 bits per heavy atom. The van der Waals surface area contributed by atoms with Crippen LogP contribution in [0.25, 0.3) is 11.4 Å². The van der Waals surface area contributed by atoms with E-state index in [1.54, 1.807) is 6.07 Å². The van der Waals surface area contributed by atoms with E-state index in [0.717, 1.165) is 38.4 Å². The number of hydrogen-bond acceptors (Lipinski definition) is 5. The van der Waals surface area contributed by atoms with Crippen LogP contribution >= 0.6 is 0 Å². The van der Waals surface area contributed by atoms with Crippen molar-refractivity contribution in [2.75, 3.05) is 32.8 Å². The van der Waals surface area contributed by atoms with E-state index in [2.05, 4.69) is 25.4 Å². The third-order valence-corrected chi connectivity index (χ3v) is 3.86. The molecule has 0 aliphatic carbocycles. The number of nitrogens with zero attached hydrogens (tertiary/aromatic N) is 3. The van der Waals surface area contributed by atoms with Crippen molar-refractivity contribution in [2.24, 2.45) is 0 Å². The Bertz CT molecular complexity index is 638. The molecule has 23 heavy (non-hydrogen) atoms. The van der Waals surface area contributed by atoms with Gasteiger partial charge in [0.05, 0.1) is 18.8 Å². The highest BCUT2D eigenvalue weighted by Crippen LogP contribution is 2.19. The third-order valence-electron chi connectivity index (χ3n) is 3.86. The molecular weight excluding hydrogens is 294 g/mol. The van der Waals surface area contributed by atoms with Gasteiger partial charge in [-0.3, -0.25) is 14.8 Å². The van der Waals surface area contributed by atoms with Gasteiger partial charge in [0.15, 0.2) is 5.82 Å². The van der Waals surface area contributed by atoms with Gasteiger partial charge in [0, 0.05) is 31.2 Å². The number of morpholine rings is 1. The summed E-state index contributed by atoms with van der Waals surface area (Å²) in [6, 6.07) is 7.45. The number of benzene rings is 1. The molecule has 1 saturated heterocycles. The maximum atomic E-state index is 12.6. The van der Waals surface area contributed by atoms with Crippen molar-refractivity contribution >= 4 is 5.91 Å². The summed E-state index contributed by atoms with van der Waals surface area (Å²) in [5, 5.41) is 9.72. The quantitative estimate of drug-likeness (QED) is 0.857. The highest BCUT2D eigenvalue weighted by Gasteiger charge is 2.18. The summed E-state index contributed by atoms with van der Waals surface area (Å²) in [7, 11) is 0. The van der Waals surface area contributed by atoms with Crippen LogP contribution in [0.2, 0.25) is 0 Å². The second kappa shape index (κ2) is 7.34. The van der Waals surface area contributed by atoms with Crippen molar-refractivity contribution in [2.45, 2.75) is 13.0 Å². The molecule has 0 spiro atoms. The van der Waals surface area contributed by atoms with E-state index in [-0.39, 0.29) is 11.9 Å². The molecule has 0 saturated carbocycles. The Morgan fingerprint density at radius 3 is 2.91 bits per heavy atom. The third kappa shape index (κ3) is 3.94. The van der Waals surface area contributed by atoms with E-state index < -0.39 is 0 Å². The largest absolute Gasteiger partial charge is 0.379 e. The van der Waals surface area contributed by atoms with Gasteiger partial charge in [-0.2, -0.15) is 5.10 Å². The molecule has 1 unspecified atom stereocenters. The van der Waals surface area contributed by atoms with Crippen molar-refractivity contribution in [1.82, 2.24) is 25.4 Å². The van der Waals surface area contributed by atoms with E-state index >= 15 is 0 Å². The van der Waals surface area contributed by atoms with Gasteiger partial charge in [-0.05, 0) is 13.0 Å². The predicted octanol–water partition coefficient (Wildman–Crippen LogP) is 0.922. The smallest absolute Gasteiger partial charge is 0.252 e. The van der Waals surface area contributed by atoms with Crippen LogP contribution in [0.1, 0.15) is 17.3 Å². The van der Waals surface area contributed by atoms with Gasteiger partial charge in [-0.15, -0.1) is 0 Å². The minimum absolute atomic E-state index is 0.0587. The Balaban J connectivity index is 1.66. The molecule has 1 aromatic carbocycles. The van der Waals surface area contributed by atoms with Crippen molar-refractivity contribution in [3.8, 4) is 11.4 Å². The fraction of sp³-hybridized carbons (Fsp3) is 0.438. The van der Waals surface area contributed by atoms with Gasteiger partial charge >= 0.3 is 0 Å². The summed E-state index contributed by atoms with van der Waals surface area (Å²) in [6.07, 6.45) is 1.44. The Hall–Kier alpha value is -2.25. The Morgan fingerprint density at radius 1 is 1.39 bits per heavy atom. The average molecular weight is 315 g/mol. The summed E-state index contributed by atoms with van der Waals surface area (Å²) in [5.74, 6) is 0.495. The summed E-state index contributed by atoms with van der Waals surface area (Å²) in [6.45, 7) is 6.18. The molecule has 0 bridgehead atoms. The second-order valence-electron chi connectivity index (χ2n) is 5.67. The van der Waals surface area contributed by atoms with E-state index in [1.165, 1.54) is 6.33 Å². The van der Waals surface area contributed by atoms with Crippen molar-refractivity contribution in [3.63, 3.8) is 0 Å². The van der Waals surface area contributed by atoms with Gasteiger partial charge in [-0.25, -0.2) is 4.98 Å². The lowest BCUT2D eigenvalue weighted by atomic mass is 10.1. The maximum Gasteiger partial charge on any atom is 0.252 e. The van der Waals surface area contributed by atoms with Crippen molar-refractivity contribution < 1.29 is 9.53 Å². The van der Waals surface area contributed by atoms with E-state index in [1.807, 2.05) is 25.1 Å². The minimum atomic E-state index is -0.0993. The van der Waals surface area contributed by atoms with Crippen LogP contribution in [0.15, 0.2) is 30.6 Å². The molecule has 1 fully saturated rings. The normalized spacial score (nSPS) is 16.9. The number of H-pyrrole nitrogens is 1. The standard InChI is InChI=1S/C16H21N5O2/c1-12(10-21-6-8-23-9-7-21)19-16(22)14-5-3-2-4-13(14)15-17-11-18-20-15/h2-5,11-12H,6-10H2,1H3,(H,19,22)(H,17,18,20). The zero-order chi connectivity index (χ0) is 16.1. The first kappa shape index (κ1) is 15.6. The zero-order valence-corrected chi connectivity index (χ0v) is 13.2. The van der Waals surface area contributed by atoms with Gasteiger partial charge in [-0.1, -0.05) is 18.2 Å². The van der Waals surface area contributed by atoms with Crippen LogP contribution in [0.3, 0.4) is 0 Å². The first-order valence-electron chi connectivity index (χ1n) is 7.80. The number of hydrogen-bond donors (Lipinski definition) is 2.